The molecule has 8 heteroatoms. The van der Waals surface area contributed by atoms with Gasteiger partial charge in [0.1, 0.15) is 5.03 Å². The summed E-state index contributed by atoms with van der Waals surface area (Å²) < 4.78 is 5.37. The molecule has 0 spiro atoms. The number of ether oxygens (including phenoxy) is 1. The van der Waals surface area contributed by atoms with Crippen LogP contribution in [0.1, 0.15) is 12.8 Å². The van der Waals surface area contributed by atoms with Crippen LogP contribution in [0, 0.1) is 5.92 Å². The lowest BCUT2D eigenvalue weighted by Crippen LogP contribution is -2.44. The van der Waals surface area contributed by atoms with Crippen LogP contribution in [0.4, 0.5) is 5.82 Å². The average Bonchev–Trinajstić information content (AvgIpc) is 2.81. The fourth-order valence-electron chi connectivity index (χ4n) is 3.87. The molecular weight excluding hydrogens is 398 g/mol. The second-order valence-corrected chi connectivity index (χ2v) is 8.67. The summed E-state index contributed by atoms with van der Waals surface area (Å²) in [6.45, 7) is 6.74. The Morgan fingerprint density at radius 1 is 1.07 bits per heavy atom. The molecule has 2 saturated heterocycles. The van der Waals surface area contributed by atoms with E-state index in [0.29, 0.717) is 6.54 Å². The van der Waals surface area contributed by atoms with Gasteiger partial charge in [-0.3, -0.25) is 9.69 Å². The molecule has 30 heavy (non-hydrogen) atoms. The maximum absolute atomic E-state index is 12.6. The van der Waals surface area contributed by atoms with Crippen molar-refractivity contribution >= 4 is 23.5 Å². The van der Waals surface area contributed by atoms with Gasteiger partial charge in [0.15, 0.2) is 5.82 Å². The first-order valence-corrected chi connectivity index (χ1v) is 11.5. The molecule has 7 nitrogen and oxygen atoms in total. The van der Waals surface area contributed by atoms with Crippen molar-refractivity contribution in [2.45, 2.75) is 22.8 Å². The molecule has 3 heterocycles. The van der Waals surface area contributed by atoms with Crippen LogP contribution in [0.5, 0.6) is 0 Å². The summed E-state index contributed by atoms with van der Waals surface area (Å²) in [5.74, 6) is 1.17. The minimum atomic E-state index is 0.0767. The Kier molecular flexibility index (Phi) is 7.55. The van der Waals surface area contributed by atoms with Crippen LogP contribution in [-0.4, -0.2) is 73.3 Å². The Morgan fingerprint density at radius 3 is 2.57 bits per heavy atom. The van der Waals surface area contributed by atoms with Gasteiger partial charge < -0.3 is 15.0 Å². The number of hydrogen-bond donors (Lipinski definition) is 1. The molecular formula is C22H29N5O2S. The largest absolute Gasteiger partial charge is 0.379 e. The Morgan fingerprint density at radius 2 is 1.80 bits per heavy atom. The van der Waals surface area contributed by atoms with Gasteiger partial charge >= 0.3 is 0 Å². The van der Waals surface area contributed by atoms with Crippen LogP contribution in [-0.2, 0) is 9.53 Å². The van der Waals surface area contributed by atoms with E-state index in [9.17, 15) is 4.79 Å². The second-order valence-electron chi connectivity index (χ2n) is 7.61. The van der Waals surface area contributed by atoms with Gasteiger partial charge in [-0.15, -0.1) is 0 Å². The molecule has 1 aromatic heterocycles. The number of amides is 1. The van der Waals surface area contributed by atoms with Crippen molar-refractivity contribution < 1.29 is 9.53 Å². The summed E-state index contributed by atoms with van der Waals surface area (Å²) in [6, 6.07) is 10.2. The van der Waals surface area contributed by atoms with E-state index in [1.54, 1.807) is 24.2 Å². The molecule has 0 saturated carbocycles. The van der Waals surface area contributed by atoms with Crippen molar-refractivity contribution in [2.24, 2.45) is 5.92 Å². The lowest BCUT2D eigenvalue weighted by molar-refractivity contribution is -0.125. The molecule has 0 aliphatic carbocycles. The number of anilines is 1. The van der Waals surface area contributed by atoms with Gasteiger partial charge in [0, 0.05) is 62.5 Å². The van der Waals surface area contributed by atoms with Crippen molar-refractivity contribution in [3.63, 3.8) is 0 Å². The molecule has 4 rings (SSSR count). The van der Waals surface area contributed by atoms with Gasteiger partial charge in [0.05, 0.1) is 13.2 Å². The molecule has 2 fully saturated rings. The van der Waals surface area contributed by atoms with Crippen LogP contribution in [0.2, 0.25) is 0 Å². The lowest BCUT2D eigenvalue weighted by Gasteiger charge is -2.33. The first-order chi connectivity index (χ1) is 14.8. The van der Waals surface area contributed by atoms with E-state index in [1.807, 2.05) is 18.2 Å². The highest BCUT2D eigenvalue weighted by molar-refractivity contribution is 7.99. The number of piperidine rings is 1. The van der Waals surface area contributed by atoms with E-state index in [4.69, 9.17) is 4.74 Å². The molecule has 2 aliphatic rings. The molecule has 2 aromatic rings. The molecule has 0 unspecified atom stereocenters. The number of carbonyl (C=O) groups is 1. The molecule has 0 bridgehead atoms. The van der Waals surface area contributed by atoms with E-state index in [-0.39, 0.29) is 11.8 Å². The minimum absolute atomic E-state index is 0.0767. The van der Waals surface area contributed by atoms with E-state index in [2.05, 4.69) is 37.2 Å². The predicted molar refractivity (Wildman–Crippen MR) is 118 cm³/mol. The number of nitrogens with zero attached hydrogens (tertiary/aromatic N) is 4. The summed E-state index contributed by atoms with van der Waals surface area (Å²) in [4.78, 5) is 27.5. The zero-order valence-electron chi connectivity index (χ0n) is 17.2. The first-order valence-electron chi connectivity index (χ1n) is 10.7. The smallest absolute Gasteiger partial charge is 0.223 e. The van der Waals surface area contributed by atoms with E-state index >= 15 is 0 Å². The molecule has 1 aromatic carbocycles. The third-order valence-corrected chi connectivity index (χ3v) is 6.59. The number of nitrogens with one attached hydrogen (secondary N) is 1. The molecule has 0 atom stereocenters. The molecule has 1 N–H and O–H groups in total. The topological polar surface area (TPSA) is 70.6 Å². The Balaban J connectivity index is 1.26. The van der Waals surface area contributed by atoms with Crippen molar-refractivity contribution in [3.05, 3.63) is 42.7 Å². The monoisotopic (exact) mass is 427 g/mol. The molecule has 1 amide bonds. The Labute approximate surface area is 182 Å². The minimum Gasteiger partial charge on any atom is -0.379 e. The van der Waals surface area contributed by atoms with Crippen molar-refractivity contribution in [1.82, 2.24) is 20.2 Å². The standard InChI is InChI=1S/C22H29N5O2S/c28-21(24-10-13-26-14-16-29-17-15-26)18-6-11-27(12-7-18)20-22(25-9-8-23-20)30-19-4-2-1-3-5-19/h1-5,8-9,18H,6-7,10-17H2,(H,24,28). The van der Waals surface area contributed by atoms with Gasteiger partial charge in [-0.25, -0.2) is 9.97 Å². The fraction of sp³-hybridized carbons (Fsp3) is 0.500. The average molecular weight is 428 g/mol. The number of hydrogen-bond acceptors (Lipinski definition) is 7. The van der Waals surface area contributed by atoms with Crippen molar-refractivity contribution in [1.29, 1.82) is 0 Å². The molecule has 160 valence electrons. The van der Waals surface area contributed by atoms with Gasteiger partial charge in [-0.05, 0) is 25.0 Å². The Hall–Kier alpha value is -2.16. The lowest BCUT2D eigenvalue weighted by atomic mass is 9.96. The Bertz CT molecular complexity index is 808. The number of morpholine rings is 1. The predicted octanol–water partition coefficient (Wildman–Crippen LogP) is 2.29. The third kappa shape index (κ3) is 5.71. The summed E-state index contributed by atoms with van der Waals surface area (Å²) in [6.07, 6.45) is 5.17. The van der Waals surface area contributed by atoms with Crippen molar-refractivity contribution in [3.8, 4) is 0 Å². The van der Waals surface area contributed by atoms with Crippen LogP contribution in [0.25, 0.3) is 0 Å². The van der Waals surface area contributed by atoms with Crippen LogP contribution in [0.3, 0.4) is 0 Å². The maximum atomic E-state index is 12.6. The number of benzene rings is 1. The van der Waals surface area contributed by atoms with Gasteiger partial charge in [0.2, 0.25) is 5.91 Å². The SMILES string of the molecule is O=C(NCCN1CCOCC1)C1CCN(c2nccnc2Sc2ccccc2)CC1. The summed E-state index contributed by atoms with van der Waals surface area (Å²) in [7, 11) is 0. The number of rotatable bonds is 7. The molecule has 2 aliphatic heterocycles. The highest BCUT2D eigenvalue weighted by atomic mass is 32.2. The highest BCUT2D eigenvalue weighted by Gasteiger charge is 2.27. The number of aromatic nitrogens is 2. The quantitative estimate of drug-likeness (QED) is 0.727. The van der Waals surface area contributed by atoms with Crippen LogP contribution < -0.4 is 10.2 Å². The van der Waals surface area contributed by atoms with E-state index in [0.717, 1.165) is 74.5 Å². The zero-order chi connectivity index (χ0) is 20.6. The first kappa shape index (κ1) is 21.1. The summed E-state index contributed by atoms with van der Waals surface area (Å²) in [5, 5.41) is 4.04. The zero-order valence-corrected chi connectivity index (χ0v) is 18.0. The summed E-state index contributed by atoms with van der Waals surface area (Å²) >= 11 is 1.63. The highest BCUT2D eigenvalue weighted by Crippen LogP contribution is 2.33. The van der Waals surface area contributed by atoms with Gasteiger partial charge in [-0.1, -0.05) is 30.0 Å². The molecule has 0 radical (unpaired) electrons. The van der Waals surface area contributed by atoms with Crippen LogP contribution >= 0.6 is 11.8 Å². The van der Waals surface area contributed by atoms with E-state index < -0.39 is 0 Å². The maximum Gasteiger partial charge on any atom is 0.223 e. The van der Waals surface area contributed by atoms with Crippen LogP contribution in [0.15, 0.2) is 52.6 Å². The fourth-order valence-corrected chi connectivity index (χ4v) is 4.77. The number of carbonyl (C=O) groups excluding carboxylic acids is 1. The van der Waals surface area contributed by atoms with Gasteiger partial charge in [0.25, 0.3) is 0 Å². The summed E-state index contributed by atoms with van der Waals surface area (Å²) in [5.41, 5.74) is 0. The third-order valence-electron chi connectivity index (χ3n) is 5.60. The van der Waals surface area contributed by atoms with Gasteiger partial charge in [-0.2, -0.15) is 0 Å². The van der Waals surface area contributed by atoms with E-state index in [1.165, 1.54) is 0 Å². The normalized spacial score (nSPS) is 18.3. The van der Waals surface area contributed by atoms with Crippen molar-refractivity contribution in [2.75, 3.05) is 57.4 Å². The second kappa shape index (κ2) is 10.7.